The van der Waals surface area contributed by atoms with Crippen LogP contribution in [0.1, 0.15) is 16.5 Å². The summed E-state index contributed by atoms with van der Waals surface area (Å²) in [5, 5.41) is -0.0268. The lowest BCUT2D eigenvalue weighted by Gasteiger charge is -2.08. The molecule has 0 amide bonds. The maximum Gasteiger partial charge on any atom is 0.0640 e. The standard InChI is InChI=1S/C12H11ClN2/c13-12(11-2-1-5-15-9-11)8-10-3-6-14-7-4-10/h1-7,9,12H,8H2. The van der Waals surface area contributed by atoms with Gasteiger partial charge in [-0.25, -0.2) is 0 Å². The second-order valence-electron chi connectivity index (χ2n) is 3.31. The minimum Gasteiger partial charge on any atom is -0.265 e. The van der Waals surface area contributed by atoms with E-state index >= 15 is 0 Å². The van der Waals surface area contributed by atoms with Crippen molar-refractivity contribution < 1.29 is 0 Å². The van der Waals surface area contributed by atoms with Crippen LogP contribution in [0.4, 0.5) is 0 Å². The summed E-state index contributed by atoms with van der Waals surface area (Å²) in [4.78, 5) is 8.02. The Morgan fingerprint density at radius 2 is 1.87 bits per heavy atom. The van der Waals surface area contributed by atoms with Crippen LogP contribution >= 0.6 is 11.6 Å². The Hall–Kier alpha value is -1.41. The molecule has 0 saturated heterocycles. The number of alkyl halides is 1. The van der Waals surface area contributed by atoms with E-state index in [4.69, 9.17) is 11.6 Å². The zero-order valence-electron chi connectivity index (χ0n) is 8.18. The number of hydrogen-bond acceptors (Lipinski definition) is 2. The van der Waals surface area contributed by atoms with Crippen LogP contribution in [0.2, 0.25) is 0 Å². The van der Waals surface area contributed by atoms with E-state index in [1.807, 2.05) is 24.3 Å². The maximum absolute atomic E-state index is 6.28. The van der Waals surface area contributed by atoms with Crippen LogP contribution < -0.4 is 0 Å². The number of halogens is 1. The lowest BCUT2D eigenvalue weighted by Crippen LogP contribution is -1.96. The van der Waals surface area contributed by atoms with Crippen molar-refractivity contribution in [2.75, 3.05) is 0 Å². The zero-order valence-corrected chi connectivity index (χ0v) is 8.93. The van der Waals surface area contributed by atoms with Gasteiger partial charge in [0.05, 0.1) is 5.38 Å². The van der Waals surface area contributed by atoms with Gasteiger partial charge in [0.15, 0.2) is 0 Å². The van der Waals surface area contributed by atoms with Crippen molar-refractivity contribution in [2.24, 2.45) is 0 Å². The smallest absolute Gasteiger partial charge is 0.0640 e. The first kappa shape index (κ1) is 10.1. The summed E-state index contributed by atoms with van der Waals surface area (Å²) in [5.74, 6) is 0. The third-order valence-electron chi connectivity index (χ3n) is 2.21. The van der Waals surface area contributed by atoms with Gasteiger partial charge < -0.3 is 0 Å². The molecule has 1 atom stereocenters. The summed E-state index contributed by atoms with van der Waals surface area (Å²) in [5.41, 5.74) is 2.24. The average Bonchev–Trinajstić information content (AvgIpc) is 2.31. The molecule has 0 aliphatic rings. The van der Waals surface area contributed by atoms with Gasteiger partial charge >= 0.3 is 0 Å². The monoisotopic (exact) mass is 218 g/mol. The molecule has 0 bridgehead atoms. The Bertz CT molecular complexity index is 402. The summed E-state index contributed by atoms with van der Waals surface area (Å²) in [6.45, 7) is 0. The molecular formula is C12H11ClN2. The highest BCUT2D eigenvalue weighted by Gasteiger charge is 2.08. The van der Waals surface area contributed by atoms with Crippen LogP contribution in [0.25, 0.3) is 0 Å². The maximum atomic E-state index is 6.28. The van der Waals surface area contributed by atoms with E-state index < -0.39 is 0 Å². The Kier molecular flexibility index (Phi) is 3.30. The van der Waals surface area contributed by atoms with Crippen LogP contribution in [0, 0.1) is 0 Å². The van der Waals surface area contributed by atoms with E-state index in [0.29, 0.717) is 0 Å². The van der Waals surface area contributed by atoms with E-state index in [2.05, 4.69) is 9.97 Å². The van der Waals surface area contributed by atoms with Crippen LogP contribution in [0.15, 0.2) is 49.1 Å². The lowest BCUT2D eigenvalue weighted by molar-refractivity contribution is 0.908. The van der Waals surface area contributed by atoms with Gasteiger partial charge in [-0.3, -0.25) is 9.97 Å². The first-order valence-electron chi connectivity index (χ1n) is 4.79. The van der Waals surface area contributed by atoms with Gasteiger partial charge in [0.1, 0.15) is 0 Å². The summed E-state index contributed by atoms with van der Waals surface area (Å²) in [6, 6.07) is 7.85. The van der Waals surface area contributed by atoms with Crippen molar-refractivity contribution in [3.63, 3.8) is 0 Å². The summed E-state index contributed by atoms with van der Waals surface area (Å²) in [6.07, 6.45) is 7.92. The predicted octanol–water partition coefficient (Wildman–Crippen LogP) is 3.00. The predicted molar refractivity (Wildman–Crippen MR) is 60.8 cm³/mol. The molecule has 15 heavy (non-hydrogen) atoms. The molecule has 0 aliphatic heterocycles. The van der Waals surface area contributed by atoms with Crippen molar-refractivity contribution >= 4 is 11.6 Å². The molecule has 76 valence electrons. The second-order valence-corrected chi connectivity index (χ2v) is 3.84. The molecule has 0 radical (unpaired) electrons. The molecule has 2 aromatic rings. The lowest BCUT2D eigenvalue weighted by atomic mass is 10.1. The van der Waals surface area contributed by atoms with Gasteiger partial charge in [0, 0.05) is 24.8 Å². The number of hydrogen-bond donors (Lipinski definition) is 0. The van der Waals surface area contributed by atoms with Gasteiger partial charge in [-0.15, -0.1) is 11.6 Å². The Morgan fingerprint density at radius 1 is 1.07 bits per heavy atom. The molecule has 1 unspecified atom stereocenters. The minimum atomic E-state index is -0.0268. The van der Waals surface area contributed by atoms with Crippen molar-refractivity contribution in [2.45, 2.75) is 11.8 Å². The van der Waals surface area contributed by atoms with E-state index in [9.17, 15) is 0 Å². The molecule has 2 heterocycles. The normalized spacial score (nSPS) is 12.3. The van der Waals surface area contributed by atoms with Gasteiger partial charge in [-0.05, 0) is 35.7 Å². The molecule has 0 spiro atoms. The van der Waals surface area contributed by atoms with Crippen molar-refractivity contribution in [1.82, 2.24) is 9.97 Å². The molecule has 2 nitrogen and oxygen atoms in total. The SMILES string of the molecule is ClC(Cc1ccncc1)c1cccnc1. The first-order valence-corrected chi connectivity index (χ1v) is 5.23. The highest BCUT2D eigenvalue weighted by Crippen LogP contribution is 2.23. The summed E-state index contributed by atoms with van der Waals surface area (Å²) < 4.78 is 0. The molecule has 2 aromatic heterocycles. The number of pyridine rings is 2. The molecule has 2 rings (SSSR count). The van der Waals surface area contributed by atoms with Crippen LogP contribution in [0.5, 0.6) is 0 Å². The van der Waals surface area contributed by atoms with E-state index in [1.165, 1.54) is 5.56 Å². The van der Waals surface area contributed by atoms with E-state index in [-0.39, 0.29) is 5.38 Å². The molecule has 0 fully saturated rings. The van der Waals surface area contributed by atoms with Gasteiger partial charge in [-0.2, -0.15) is 0 Å². The van der Waals surface area contributed by atoms with Gasteiger partial charge in [-0.1, -0.05) is 6.07 Å². The van der Waals surface area contributed by atoms with Gasteiger partial charge in [0.25, 0.3) is 0 Å². The fraction of sp³-hybridized carbons (Fsp3) is 0.167. The van der Waals surface area contributed by atoms with Crippen LogP contribution in [-0.2, 0) is 6.42 Å². The fourth-order valence-electron chi connectivity index (χ4n) is 1.40. The molecule has 3 heteroatoms. The Labute approximate surface area is 94.0 Å². The Morgan fingerprint density at radius 3 is 2.53 bits per heavy atom. The highest BCUT2D eigenvalue weighted by molar-refractivity contribution is 6.20. The second kappa shape index (κ2) is 4.89. The van der Waals surface area contributed by atoms with Crippen molar-refractivity contribution in [3.8, 4) is 0 Å². The number of aromatic nitrogens is 2. The molecule has 0 aromatic carbocycles. The highest BCUT2D eigenvalue weighted by atomic mass is 35.5. The molecule has 0 saturated carbocycles. The largest absolute Gasteiger partial charge is 0.265 e. The third kappa shape index (κ3) is 2.77. The fourth-order valence-corrected chi connectivity index (χ4v) is 1.71. The average molecular weight is 219 g/mol. The molecule has 0 N–H and O–H groups in total. The van der Waals surface area contributed by atoms with E-state index in [1.54, 1.807) is 24.8 Å². The molecule has 0 aliphatic carbocycles. The third-order valence-corrected chi connectivity index (χ3v) is 2.62. The zero-order chi connectivity index (χ0) is 10.5. The van der Waals surface area contributed by atoms with Crippen molar-refractivity contribution in [3.05, 3.63) is 60.2 Å². The topological polar surface area (TPSA) is 25.8 Å². The Balaban J connectivity index is 2.08. The number of nitrogens with zero attached hydrogens (tertiary/aromatic N) is 2. The molecular weight excluding hydrogens is 208 g/mol. The minimum absolute atomic E-state index is 0.0268. The van der Waals surface area contributed by atoms with Crippen LogP contribution in [-0.4, -0.2) is 9.97 Å². The first-order chi connectivity index (χ1) is 7.36. The summed E-state index contributed by atoms with van der Waals surface area (Å²) in [7, 11) is 0. The van der Waals surface area contributed by atoms with Gasteiger partial charge in [0.2, 0.25) is 0 Å². The van der Waals surface area contributed by atoms with Crippen LogP contribution in [0.3, 0.4) is 0 Å². The number of rotatable bonds is 3. The van der Waals surface area contributed by atoms with Crippen molar-refractivity contribution in [1.29, 1.82) is 0 Å². The summed E-state index contributed by atoms with van der Waals surface area (Å²) >= 11 is 6.28. The van der Waals surface area contributed by atoms with E-state index in [0.717, 1.165) is 12.0 Å². The quantitative estimate of drug-likeness (QED) is 0.741.